The van der Waals surface area contributed by atoms with E-state index in [9.17, 15) is 28.1 Å². The number of nitro benzene ring substituents is 1. The minimum atomic E-state index is -4.66. The predicted octanol–water partition coefficient (Wildman–Crippen LogP) is 4.08. The number of ether oxygens (including phenoxy) is 2. The maximum atomic E-state index is 12.9. The van der Waals surface area contributed by atoms with Crippen LogP contribution in [0.15, 0.2) is 36.4 Å². The number of benzene rings is 2. The molecule has 0 radical (unpaired) electrons. The highest BCUT2D eigenvalue weighted by Crippen LogP contribution is 2.38. The predicted molar refractivity (Wildman–Crippen MR) is 81.4 cm³/mol. The molecule has 0 saturated heterocycles. The Morgan fingerprint density at radius 1 is 1.08 bits per heavy atom. The van der Waals surface area contributed by atoms with Gasteiger partial charge in [-0.05, 0) is 18.2 Å². The summed E-state index contributed by atoms with van der Waals surface area (Å²) in [5.41, 5.74) is -1.59. The summed E-state index contributed by atoms with van der Waals surface area (Å²) >= 11 is 0. The molecule has 9 heteroatoms. The van der Waals surface area contributed by atoms with Gasteiger partial charge in [-0.2, -0.15) is 13.2 Å². The average molecular weight is 355 g/mol. The van der Waals surface area contributed by atoms with Crippen molar-refractivity contribution >= 4 is 11.7 Å². The highest BCUT2D eigenvalue weighted by Gasteiger charge is 2.32. The SMILES string of the molecule is COC(=O)c1cc(C(F)(F)F)ccc1-c1cc([N+](=O)[O-])ccc1OC. The number of methoxy groups -OCH3 is 2. The molecule has 0 aromatic heterocycles. The molecule has 0 unspecified atom stereocenters. The lowest BCUT2D eigenvalue weighted by Gasteiger charge is -2.14. The number of non-ortho nitro benzene ring substituents is 1. The molecule has 6 nitrogen and oxygen atoms in total. The number of hydrogen-bond donors (Lipinski definition) is 0. The smallest absolute Gasteiger partial charge is 0.416 e. The highest BCUT2D eigenvalue weighted by molar-refractivity contribution is 5.98. The van der Waals surface area contributed by atoms with Gasteiger partial charge in [-0.3, -0.25) is 10.1 Å². The molecule has 0 aliphatic rings. The maximum Gasteiger partial charge on any atom is 0.416 e. The number of nitrogens with zero attached hydrogens (tertiary/aromatic N) is 1. The first-order valence-corrected chi connectivity index (χ1v) is 6.81. The number of rotatable bonds is 4. The maximum absolute atomic E-state index is 12.9. The lowest BCUT2D eigenvalue weighted by Crippen LogP contribution is -2.10. The zero-order valence-corrected chi connectivity index (χ0v) is 13.1. The van der Waals surface area contributed by atoms with Crippen molar-refractivity contribution in [3.63, 3.8) is 0 Å². The zero-order valence-electron chi connectivity index (χ0n) is 13.1. The van der Waals surface area contributed by atoms with Crippen LogP contribution in [-0.4, -0.2) is 25.1 Å². The lowest BCUT2D eigenvalue weighted by molar-refractivity contribution is -0.384. The van der Waals surface area contributed by atoms with Crippen LogP contribution in [0.3, 0.4) is 0 Å². The van der Waals surface area contributed by atoms with Crippen molar-refractivity contribution in [2.24, 2.45) is 0 Å². The van der Waals surface area contributed by atoms with E-state index in [2.05, 4.69) is 4.74 Å². The van der Waals surface area contributed by atoms with Crippen molar-refractivity contribution in [3.05, 3.63) is 57.6 Å². The van der Waals surface area contributed by atoms with Crippen LogP contribution < -0.4 is 4.74 Å². The molecular weight excluding hydrogens is 343 g/mol. The number of esters is 1. The van der Waals surface area contributed by atoms with E-state index in [1.165, 1.54) is 19.2 Å². The van der Waals surface area contributed by atoms with Crippen molar-refractivity contribution in [1.29, 1.82) is 0 Å². The van der Waals surface area contributed by atoms with Gasteiger partial charge in [0.25, 0.3) is 5.69 Å². The van der Waals surface area contributed by atoms with Crippen LogP contribution in [0, 0.1) is 10.1 Å². The van der Waals surface area contributed by atoms with Crippen LogP contribution >= 0.6 is 0 Å². The summed E-state index contributed by atoms with van der Waals surface area (Å²) in [7, 11) is 2.32. The molecule has 0 bridgehead atoms. The first-order valence-electron chi connectivity index (χ1n) is 6.81. The second kappa shape index (κ2) is 6.80. The normalized spacial score (nSPS) is 11.1. The quantitative estimate of drug-likeness (QED) is 0.469. The number of halogens is 3. The summed E-state index contributed by atoms with van der Waals surface area (Å²) in [5.74, 6) is -0.842. The molecular formula is C16H12F3NO5. The topological polar surface area (TPSA) is 78.7 Å². The van der Waals surface area contributed by atoms with E-state index in [-0.39, 0.29) is 28.1 Å². The van der Waals surface area contributed by atoms with E-state index in [1.807, 2.05) is 0 Å². The van der Waals surface area contributed by atoms with Crippen molar-refractivity contribution in [2.45, 2.75) is 6.18 Å². The Labute approximate surface area is 139 Å². The van der Waals surface area contributed by atoms with E-state index < -0.39 is 22.6 Å². The Balaban J connectivity index is 2.76. The van der Waals surface area contributed by atoms with Gasteiger partial charge in [0.2, 0.25) is 0 Å². The number of nitro groups is 1. The van der Waals surface area contributed by atoms with Gasteiger partial charge in [0, 0.05) is 23.3 Å². The third-order valence-electron chi connectivity index (χ3n) is 3.44. The zero-order chi connectivity index (χ0) is 18.8. The lowest BCUT2D eigenvalue weighted by atomic mass is 9.96. The van der Waals surface area contributed by atoms with Gasteiger partial charge in [-0.25, -0.2) is 4.79 Å². The van der Waals surface area contributed by atoms with E-state index in [0.717, 1.165) is 25.3 Å². The molecule has 0 heterocycles. The Hall–Kier alpha value is -3.10. The third-order valence-corrected chi connectivity index (χ3v) is 3.44. The van der Waals surface area contributed by atoms with Gasteiger partial charge >= 0.3 is 12.1 Å². The van der Waals surface area contributed by atoms with Crippen LogP contribution in [-0.2, 0) is 10.9 Å². The summed E-state index contributed by atoms with van der Waals surface area (Å²) in [6.45, 7) is 0. The fraction of sp³-hybridized carbons (Fsp3) is 0.188. The van der Waals surface area contributed by atoms with Crippen LogP contribution in [0.4, 0.5) is 18.9 Å². The molecule has 25 heavy (non-hydrogen) atoms. The molecule has 132 valence electrons. The Morgan fingerprint density at radius 2 is 1.76 bits per heavy atom. The minimum absolute atomic E-state index is 0.0281. The summed E-state index contributed by atoms with van der Waals surface area (Å²) in [4.78, 5) is 22.2. The summed E-state index contributed by atoms with van der Waals surface area (Å²) in [6.07, 6.45) is -4.66. The van der Waals surface area contributed by atoms with Gasteiger partial charge in [0.05, 0.1) is 30.3 Å². The number of carbonyl (C=O) groups is 1. The first kappa shape index (κ1) is 18.2. The van der Waals surface area contributed by atoms with E-state index >= 15 is 0 Å². The molecule has 0 saturated carbocycles. The van der Waals surface area contributed by atoms with Crippen LogP contribution in [0.5, 0.6) is 5.75 Å². The van der Waals surface area contributed by atoms with E-state index in [0.29, 0.717) is 6.07 Å². The first-order chi connectivity index (χ1) is 11.7. The number of alkyl halides is 3. The van der Waals surface area contributed by atoms with Crippen molar-refractivity contribution in [1.82, 2.24) is 0 Å². The van der Waals surface area contributed by atoms with Crippen LogP contribution in [0.25, 0.3) is 11.1 Å². The molecule has 2 aromatic rings. The molecule has 0 atom stereocenters. The molecule has 0 amide bonds. The van der Waals surface area contributed by atoms with Gasteiger partial charge in [-0.15, -0.1) is 0 Å². The molecule has 0 aliphatic heterocycles. The van der Waals surface area contributed by atoms with Crippen molar-refractivity contribution in [2.75, 3.05) is 14.2 Å². The Morgan fingerprint density at radius 3 is 2.28 bits per heavy atom. The van der Waals surface area contributed by atoms with Gasteiger partial charge in [0.15, 0.2) is 0 Å². The summed E-state index contributed by atoms with van der Waals surface area (Å²) in [6, 6.07) is 6.07. The second-order valence-corrected chi connectivity index (χ2v) is 4.89. The molecule has 0 spiro atoms. The standard InChI is InChI=1S/C16H12F3NO5/c1-24-14-6-4-10(20(22)23)8-12(14)11-5-3-9(16(17,18)19)7-13(11)15(21)25-2/h3-8H,1-2H3. The Kier molecular flexibility index (Phi) is 4.96. The van der Waals surface area contributed by atoms with Gasteiger partial charge < -0.3 is 9.47 Å². The minimum Gasteiger partial charge on any atom is -0.496 e. The average Bonchev–Trinajstić information content (AvgIpc) is 2.59. The molecule has 2 aromatic carbocycles. The molecule has 0 N–H and O–H groups in total. The van der Waals surface area contributed by atoms with Gasteiger partial charge in [-0.1, -0.05) is 6.07 Å². The van der Waals surface area contributed by atoms with Crippen molar-refractivity contribution in [3.8, 4) is 16.9 Å². The van der Waals surface area contributed by atoms with E-state index in [1.54, 1.807) is 0 Å². The number of carbonyl (C=O) groups excluding carboxylic acids is 1. The highest BCUT2D eigenvalue weighted by atomic mass is 19.4. The Bertz CT molecular complexity index is 833. The molecule has 2 rings (SSSR count). The number of hydrogen-bond acceptors (Lipinski definition) is 5. The van der Waals surface area contributed by atoms with Crippen LogP contribution in [0.2, 0.25) is 0 Å². The fourth-order valence-electron chi connectivity index (χ4n) is 2.25. The molecule has 0 fully saturated rings. The van der Waals surface area contributed by atoms with Crippen LogP contribution in [0.1, 0.15) is 15.9 Å². The monoisotopic (exact) mass is 355 g/mol. The fourth-order valence-corrected chi connectivity index (χ4v) is 2.25. The summed E-state index contributed by atoms with van der Waals surface area (Å²) in [5, 5.41) is 11.0. The molecule has 0 aliphatic carbocycles. The van der Waals surface area contributed by atoms with Crippen molar-refractivity contribution < 1.29 is 32.4 Å². The largest absolute Gasteiger partial charge is 0.496 e. The second-order valence-electron chi connectivity index (χ2n) is 4.89. The third kappa shape index (κ3) is 3.70. The van der Waals surface area contributed by atoms with E-state index in [4.69, 9.17) is 4.74 Å². The van der Waals surface area contributed by atoms with Gasteiger partial charge in [0.1, 0.15) is 5.75 Å². The summed E-state index contributed by atoms with van der Waals surface area (Å²) < 4.78 is 48.4.